The standard InChI is InChI=1S/C26H32N4/c1-28(2)27-23(20-14-8-5-9-15-20)26-29(3)24(21-16-10-6-11-17-21)25(30(26)4)22-18-12-7-13-19-22/h5-19,23-27H,1-4H3/t23-,24-,25-/m0/s1. The maximum atomic E-state index is 3.69. The Morgan fingerprint density at radius 3 is 1.47 bits per heavy atom. The fourth-order valence-electron chi connectivity index (χ4n) is 4.92. The van der Waals surface area contributed by atoms with E-state index in [1.54, 1.807) is 0 Å². The quantitative estimate of drug-likeness (QED) is 0.616. The summed E-state index contributed by atoms with van der Waals surface area (Å²) >= 11 is 0. The molecule has 0 unspecified atom stereocenters. The molecular weight excluding hydrogens is 368 g/mol. The topological polar surface area (TPSA) is 21.8 Å². The molecule has 3 aromatic rings. The van der Waals surface area contributed by atoms with Crippen LogP contribution in [-0.4, -0.2) is 49.2 Å². The van der Waals surface area contributed by atoms with Gasteiger partial charge >= 0.3 is 0 Å². The van der Waals surface area contributed by atoms with Gasteiger partial charge in [-0.1, -0.05) is 91.0 Å². The van der Waals surface area contributed by atoms with Gasteiger partial charge in [0.2, 0.25) is 0 Å². The SMILES string of the molecule is CN(C)N[C@@H](c1ccccc1)C1N(C)[C@@H](c2ccccc2)[C@H](c2ccccc2)N1C. The second kappa shape index (κ2) is 9.11. The summed E-state index contributed by atoms with van der Waals surface area (Å²) in [5.74, 6) is 0. The van der Waals surface area contributed by atoms with Crippen LogP contribution >= 0.6 is 0 Å². The van der Waals surface area contributed by atoms with Crippen molar-refractivity contribution < 1.29 is 0 Å². The van der Waals surface area contributed by atoms with E-state index in [0.29, 0.717) is 0 Å². The zero-order valence-corrected chi connectivity index (χ0v) is 18.3. The van der Waals surface area contributed by atoms with Crippen LogP contribution in [-0.2, 0) is 0 Å². The van der Waals surface area contributed by atoms with Gasteiger partial charge in [-0.25, -0.2) is 10.4 Å². The third-order valence-electron chi connectivity index (χ3n) is 6.15. The average molecular weight is 401 g/mol. The minimum absolute atomic E-state index is 0.135. The number of nitrogens with one attached hydrogen (secondary N) is 1. The van der Waals surface area contributed by atoms with Gasteiger partial charge in [0.15, 0.2) is 0 Å². The Morgan fingerprint density at radius 2 is 1.07 bits per heavy atom. The minimum atomic E-state index is 0.135. The molecule has 1 aliphatic heterocycles. The smallest absolute Gasteiger partial charge is 0.0843 e. The first-order chi connectivity index (χ1) is 14.6. The van der Waals surface area contributed by atoms with Crippen molar-refractivity contribution in [3.8, 4) is 0 Å². The predicted octanol–water partition coefficient (Wildman–Crippen LogP) is 4.48. The van der Waals surface area contributed by atoms with Crippen LogP contribution in [0.25, 0.3) is 0 Å². The summed E-state index contributed by atoms with van der Waals surface area (Å²) in [4.78, 5) is 5.06. The molecule has 3 atom stereocenters. The van der Waals surface area contributed by atoms with Gasteiger partial charge in [0, 0.05) is 14.1 Å². The van der Waals surface area contributed by atoms with Crippen molar-refractivity contribution in [1.82, 2.24) is 20.2 Å². The van der Waals surface area contributed by atoms with Crippen molar-refractivity contribution in [2.24, 2.45) is 0 Å². The summed E-state index contributed by atoms with van der Waals surface area (Å²) in [6.07, 6.45) is 0.185. The van der Waals surface area contributed by atoms with E-state index in [4.69, 9.17) is 0 Å². The summed E-state index contributed by atoms with van der Waals surface area (Å²) in [6.45, 7) is 0. The van der Waals surface area contributed by atoms with E-state index < -0.39 is 0 Å². The summed E-state index contributed by atoms with van der Waals surface area (Å²) in [5.41, 5.74) is 7.67. The molecule has 0 radical (unpaired) electrons. The molecule has 0 amide bonds. The number of rotatable bonds is 6. The van der Waals surface area contributed by atoms with Gasteiger partial charge in [-0.2, -0.15) is 0 Å². The van der Waals surface area contributed by atoms with E-state index in [0.717, 1.165) is 0 Å². The van der Waals surface area contributed by atoms with Crippen molar-refractivity contribution in [2.45, 2.75) is 24.3 Å². The number of likely N-dealkylation sites (N-methyl/N-ethyl adjacent to an activating group) is 2. The van der Waals surface area contributed by atoms with Gasteiger partial charge in [0.25, 0.3) is 0 Å². The van der Waals surface area contributed by atoms with Gasteiger partial charge in [-0.05, 0) is 30.8 Å². The van der Waals surface area contributed by atoms with Gasteiger partial charge < -0.3 is 0 Å². The second-order valence-electron chi connectivity index (χ2n) is 8.37. The summed E-state index contributed by atoms with van der Waals surface area (Å²) in [7, 11) is 8.65. The number of hydrazine groups is 1. The van der Waals surface area contributed by atoms with Crippen LogP contribution in [0.15, 0.2) is 91.0 Å². The molecule has 0 saturated carbocycles. The maximum Gasteiger partial charge on any atom is 0.0843 e. The van der Waals surface area contributed by atoms with Gasteiger partial charge in [0.05, 0.1) is 24.3 Å². The zero-order chi connectivity index (χ0) is 21.1. The number of nitrogens with zero attached hydrogens (tertiary/aromatic N) is 3. The molecule has 1 saturated heterocycles. The number of hydrogen-bond donors (Lipinski definition) is 1. The monoisotopic (exact) mass is 400 g/mol. The summed E-state index contributed by atoms with van der Waals surface area (Å²) in [5, 5.41) is 2.06. The molecule has 3 aromatic carbocycles. The summed E-state index contributed by atoms with van der Waals surface area (Å²) in [6, 6.07) is 33.2. The highest BCUT2D eigenvalue weighted by Crippen LogP contribution is 2.48. The van der Waals surface area contributed by atoms with Crippen LogP contribution in [0.5, 0.6) is 0 Å². The van der Waals surface area contributed by atoms with Crippen LogP contribution in [0.1, 0.15) is 34.8 Å². The van der Waals surface area contributed by atoms with E-state index in [1.165, 1.54) is 16.7 Å². The lowest BCUT2D eigenvalue weighted by atomic mass is 9.93. The Morgan fingerprint density at radius 1 is 0.667 bits per heavy atom. The lowest BCUT2D eigenvalue weighted by Gasteiger charge is -2.37. The average Bonchev–Trinajstić information content (AvgIpc) is 3.04. The zero-order valence-electron chi connectivity index (χ0n) is 18.3. The largest absolute Gasteiger partial charge is 0.280 e. The Bertz CT molecular complexity index is 862. The molecule has 1 N–H and O–H groups in total. The highest BCUT2D eigenvalue weighted by molar-refractivity contribution is 5.31. The van der Waals surface area contributed by atoms with E-state index in [1.807, 2.05) is 0 Å². The van der Waals surface area contributed by atoms with E-state index in [-0.39, 0.29) is 24.3 Å². The van der Waals surface area contributed by atoms with E-state index >= 15 is 0 Å². The van der Waals surface area contributed by atoms with E-state index in [9.17, 15) is 0 Å². The lowest BCUT2D eigenvalue weighted by molar-refractivity contribution is 0.0788. The first-order valence-electron chi connectivity index (χ1n) is 10.6. The van der Waals surface area contributed by atoms with Crippen molar-refractivity contribution >= 4 is 0 Å². The molecule has 0 spiro atoms. The Hall–Kier alpha value is -2.50. The molecule has 4 heteroatoms. The molecule has 1 fully saturated rings. The van der Waals surface area contributed by atoms with Crippen molar-refractivity contribution in [2.75, 3.05) is 28.2 Å². The molecule has 4 nitrogen and oxygen atoms in total. The third kappa shape index (κ3) is 4.05. The van der Waals surface area contributed by atoms with Crippen molar-refractivity contribution in [3.63, 3.8) is 0 Å². The van der Waals surface area contributed by atoms with E-state index in [2.05, 4.69) is 139 Å². The first kappa shape index (κ1) is 20.8. The normalized spacial score (nSPS) is 21.9. The Kier molecular flexibility index (Phi) is 6.30. The fourth-order valence-corrected chi connectivity index (χ4v) is 4.92. The molecule has 156 valence electrons. The highest BCUT2D eigenvalue weighted by atomic mass is 15.5. The molecule has 30 heavy (non-hydrogen) atoms. The lowest BCUT2D eigenvalue weighted by Crippen LogP contribution is -2.49. The summed E-state index contributed by atoms with van der Waals surface area (Å²) < 4.78 is 0. The van der Waals surface area contributed by atoms with Gasteiger partial charge in [-0.3, -0.25) is 9.80 Å². The molecular formula is C26H32N4. The van der Waals surface area contributed by atoms with Crippen LogP contribution in [0.4, 0.5) is 0 Å². The molecule has 0 bridgehead atoms. The van der Waals surface area contributed by atoms with Crippen LogP contribution in [0.3, 0.4) is 0 Å². The van der Waals surface area contributed by atoms with Crippen molar-refractivity contribution in [1.29, 1.82) is 0 Å². The number of hydrogen-bond acceptors (Lipinski definition) is 4. The molecule has 0 aromatic heterocycles. The molecule has 1 heterocycles. The highest BCUT2D eigenvalue weighted by Gasteiger charge is 2.48. The van der Waals surface area contributed by atoms with Gasteiger partial charge in [-0.15, -0.1) is 0 Å². The minimum Gasteiger partial charge on any atom is -0.280 e. The number of benzene rings is 3. The molecule has 0 aliphatic carbocycles. The van der Waals surface area contributed by atoms with Crippen LogP contribution < -0.4 is 5.43 Å². The predicted molar refractivity (Wildman–Crippen MR) is 124 cm³/mol. The van der Waals surface area contributed by atoms with Crippen LogP contribution in [0.2, 0.25) is 0 Å². The third-order valence-corrected chi connectivity index (χ3v) is 6.15. The Balaban J connectivity index is 1.80. The molecule has 4 rings (SSSR count). The second-order valence-corrected chi connectivity index (χ2v) is 8.37. The van der Waals surface area contributed by atoms with Gasteiger partial charge in [0.1, 0.15) is 0 Å². The fraction of sp³-hybridized carbons (Fsp3) is 0.308. The maximum absolute atomic E-state index is 3.69. The molecule has 1 aliphatic rings. The van der Waals surface area contributed by atoms with Crippen LogP contribution in [0, 0.1) is 0 Å². The Labute approximate surface area is 180 Å². The van der Waals surface area contributed by atoms with Crippen molar-refractivity contribution in [3.05, 3.63) is 108 Å². The first-order valence-corrected chi connectivity index (χ1v) is 10.6.